The molecule has 0 spiro atoms. The summed E-state index contributed by atoms with van der Waals surface area (Å²) in [5.74, 6) is 0.540. The van der Waals surface area contributed by atoms with Crippen LogP contribution in [-0.4, -0.2) is 38.5 Å². The number of nitrogens with one attached hydrogen (secondary N) is 1. The fourth-order valence-electron chi connectivity index (χ4n) is 2.81. The Morgan fingerprint density at radius 3 is 2.83 bits per heavy atom. The van der Waals surface area contributed by atoms with E-state index in [9.17, 15) is 9.18 Å². The van der Waals surface area contributed by atoms with Gasteiger partial charge < -0.3 is 14.8 Å². The molecule has 0 aromatic carbocycles. The van der Waals surface area contributed by atoms with Gasteiger partial charge >= 0.3 is 0 Å². The Balaban J connectivity index is 1.55. The maximum Gasteiger partial charge on any atom is 0.244 e. The predicted molar refractivity (Wildman–Crippen MR) is 80.0 cm³/mol. The van der Waals surface area contributed by atoms with Crippen LogP contribution < -0.4 is 10.2 Å². The molecule has 1 amide bonds. The van der Waals surface area contributed by atoms with E-state index < -0.39 is 5.82 Å². The predicted octanol–water partition coefficient (Wildman–Crippen LogP) is 0.900. The third kappa shape index (κ3) is 2.88. The second-order valence-electron chi connectivity index (χ2n) is 6.08. The van der Waals surface area contributed by atoms with Crippen LogP contribution in [0.1, 0.15) is 24.6 Å². The molecule has 2 aliphatic rings. The number of nitrogens with zero attached hydrogens (tertiary/aromatic N) is 5. The normalized spacial score (nSPS) is 20.2. The van der Waals surface area contributed by atoms with E-state index in [0.717, 1.165) is 24.6 Å². The monoisotopic (exact) mass is 316 g/mol. The highest BCUT2D eigenvalue weighted by Gasteiger charge is 2.32. The van der Waals surface area contributed by atoms with Gasteiger partial charge in [0.25, 0.3) is 0 Å². The van der Waals surface area contributed by atoms with E-state index in [1.54, 1.807) is 12.5 Å². The van der Waals surface area contributed by atoms with Gasteiger partial charge in [-0.15, -0.1) is 0 Å². The van der Waals surface area contributed by atoms with Gasteiger partial charge in [0.15, 0.2) is 5.82 Å². The smallest absolute Gasteiger partial charge is 0.244 e. The minimum atomic E-state index is -0.477. The first-order valence-electron chi connectivity index (χ1n) is 7.71. The van der Waals surface area contributed by atoms with Crippen LogP contribution in [0.5, 0.6) is 0 Å². The van der Waals surface area contributed by atoms with Gasteiger partial charge in [0.05, 0.1) is 37.5 Å². The minimum Gasteiger partial charge on any atom is -0.354 e. The average molecular weight is 316 g/mol. The highest BCUT2D eigenvalue weighted by atomic mass is 19.1. The molecule has 0 saturated heterocycles. The van der Waals surface area contributed by atoms with Crippen molar-refractivity contribution in [2.24, 2.45) is 5.92 Å². The first-order chi connectivity index (χ1) is 11.2. The highest BCUT2D eigenvalue weighted by molar-refractivity contribution is 5.81. The second-order valence-corrected chi connectivity index (χ2v) is 6.08. The lowest BCUT2D eigenvalue weighted by Gasteiger charge is -2.33. The molecule has 0 unspecified atom stereocenters. The first-order valence-corrected chi connectivity index (χ1v) is 7.71. The molecule has 1 aliphatic carbocycles. The second kappa shape index (κ2) is 5.60. The van der Waals surface area contributed by atoms with Crippen molar-refractivity contribution in [1.29, 1.82) is 0 Å². The number of amides is 1. The lowest BCUT2D eigenvalue weighted by atomic mass is 10.1. The summed E-state index contributed by atoms with van der Waals surface area (Å²) >= 11 is 0. The van der Waals surface area contributed by atoms with Crippen molar-refractivity contribution in [3.8, 4) is 0 Å². The molecule has 8 heteroatoms. The molecule has 0 radical (unpaired) electrons. The molecule has 4 rings (SSSR count). The maximum absolute atomic E-state index is 13.0. The third-order valence-corrected chi connectivity index (χ3v) is 4.28. The number of fused-ring (bicyclic) bond motifs is 1. The Bertz CT molecular complexity index is 711. The number of hydrogen-bond donors (Lipinski definition) is 1. The van der Waals surface area contributed by atoms with Gasteiger partial charge in [-0.05, 0) is 18.8 Å². The summed E-state index contributed by atoms with van der Waals surface area (Å²) in [6.07, 6.45) is 8.07. The summed E-state index contributed by atoms with van der Waals surface area (Å²) < 4.78 is 14.9. The molecule has 1 fully saturated rings. The molecule has 2 aromatic heterocycles. The lowest BCUT2D eigenvalue weighted by Crippen LogP contribution is -2.45. The van der Waals surface area contributed by atoms with Gasteiger partial charge in [0, 0.05) is 12.7 Å². The van der Waals surface area contributed by atoms with Crippen LogP contribution in [0.15, 0.2) is 24.9 Å². The summed E-state index contributed by atoms with van der Waals surface area (Å²) in [6.45, 7) is 1.70. The van der Waals surface area contributed by atoms with Crippen LogP contribution >= 0.6 is 0 Å². The zero-order valence-corrected chi connectivity index (χ0v) is 12.5. The lowest BCUT2D eigenvalue weighted by molar-refractivity contribution is -0.124. The first kappa shape index (κ1) is 14.1. The molecular weight excluding hydrogens is 299 g/mol. The van der Waals surface area contributed by atoms with Crippen molar-refractivity contribution in [2.45, 2.75) is 25.4 Å². The van der Waals surface area contributed by atoms with Crippen LogP contribution in [-0.2, 0) is 11.3 Å². The minimum absolute atomic E-state index is 0.0250. The molecule has 2 aromatic rings. The Hall–Kier alpha value is -2.51. The Morgan fingerprint density at radius 1 is 1.30 bits per heavy atom. The summed E-state index contributed by atoms with van der Waals surface area (Å²) in [6, 6.07) is -0.381. The molecular formula is C15H17FN6O. The quantitative estimate of drug-likeness (QED) is 0.907. The molecule has 23 heavy (non-hydrogen) atoms. The number of carbonyl (C=O) groups excluding carboxylic acids is 1. The molecule has 120 valence electrons. The van der Waals surface area contributed by atoms with Crippen LogP contribution in [0.2, 0.25) is 0 Å². The van der Waals surface area contributed by atoms with Crippen LogP contribution in [0.3, 0.4) is 0 Å². The van der Waals surface area contributed by atoms with Crippen molar-refractivity contribution >= 4 is 11.9 Å². The molecule has 1 atom stereocenters. The number of hydrogen-bond acceptors (Lipinski definition) is 5. The summed E-state index contributed by atoms with van der Waals surface area (Å²) in [7, 11) is 0. The zero-order valence-electron chi connectivity index (χ0n) is 12.5. The van der Waals surface area contributed by atoms with Crippen LogP contribution in [0.25, 0.3) is 0 Å². The van der Waals surface area contributed by atoms with Crippen LogP contribution in [0, 0.1) is 11.7 Å². The van der Waals surface area contributed by atoms with Gasteiger partial charge in [-0.1, -0.05) is 0 Å². The molecule has 0 bridgehead atoms. The number of rotatable bonds is 4. The van der Waals surface area contributed by atoms with Gasteiger partial charge in [-0.25, -0.2) is 19.3 Å². The molecule has 1 aliphatic heterocycles. The fraction of sp³-hybridized carbons (Fsp3) is 0.467. The topological polar surface area (TPSA) is 75.9 Å². The van der Waals surface area contributed by atoms with E-state index in [1.165, 1.54) is 12.8 Å². The Kier molecular flexibility index (Phi) is 3.44. The number of halogens is 1. The standard InChI is InChI=1S/C15H17FN6O/c16-11-4-19-15(20-5-11)21-7-12-6-17-9-22(12)13(8-21)14(23)18-3-10-1-2-10/h4-6,9-10,13H,1-3,7-8H2,(H,18,23)/t13-/m0/s1. The molecule has 3 heterocycles. The van der Waals surface area contributed by atoms with E-state index in [-0.39, 0.29) is 11.9 Å². The van der Waals surface area contributed by atoms with Gasteiger partial charge in [0.1, 0.15) is 6.04 Å². The SMILES string of the molecule is O=C(NCC1CC1)[C@@H]1CN(c2ncc(F)cn2)Cc2cncn21. The number of aromatic nitrogens is 4. The van der Waals surface area contributed by atoms with Gasteiger partial charge in [0.2, 0.25) is 11.9 Å². The Labute approximate surface area is 132 Å². The van der Waals surface area contributed by atoms with Crippen LogP contribution in [0.4, 0.5) is 10.3 Å². The summed E-state index contributed by atoms with van der Waals surface area (Å²) in [4.78, 5) is 26.6. The van der Waals surface area contributed by atoms with Gasteiger partial charge in [-0.2, -0.15) is 0 Å². The van der Waals surface area contributed by atoms with E-state index in [1.807, 2.05) is 9.47 Å². The van der Waals surface area contributed by atoms with E-state index in [0.29, 0.717) is 25.0 Å². The largest absolute Gasteiger partial charge is 0.354 e. The van der Waals surface area contributed by atoms with Gasteiger partial charge in [-0.3, -0.25) is 4.79 Å². The molecule has 7 nitrogen and oxygen atoms in total. The van der Waals surface area contributed by atoms with Crippen molar-refractivity contribution < 1.29 is 9.18 Å². The van der Waals surface area contributed by atoms with Crippen molar-refractivity contribution in [1.82, 2.24) is 24.8 Å². The van der Waals surface area contributed by atoms with E-state index in [2.05, 4.69) is 20.3 Å². The van der Waals surface area contributed by atoms with E-state index >= 15 is 0 Å². The molecule has 1 N–H and O–H groups in total. The average Bonchev–Trinajstić information content (AvgIpc) is 3.27. The maximum atomic E-state index is 13.0. The van der Waals surface area contributed by atoms with Crippen molar-refractivity contribution in [3.63, 3.8) is 0 Å². The highest BCUT2D eigenvalue weighted by Crippen LogP contribution is 2.28. The Morgan fingerprint density at radius 2 is 2.09 bits per heavy atom. The molecule has 1 saturated carbocycles. The number of imidazole rings is 1. The fourth-order valence-corrected chi connectivity index (χ4v) is 2.81. The van der Waals surface area contributed by atoms with Crippen molar-refractivity contribution in [3.05, 3.63) is 36.4 Å². The number of anilines is 1. The summed E-state index contributed by atoms with van der Waals surface area (Å²) in [5.41, 5.74) is 0.913. The summed E-state index contributed by atoms with van der Waals surface area (Å²) in [5, 5.41) is 3.01. The zero-order chi connectivity index (χ0) is 15.8. The van der Waals surface area contributed by atoms with Crippen molar-refractivity contribution in [2.75, 3.05) is 18.0 Å². The van der Waals surface area contributed by atoms with E-state index in [4.69, 9.17) is 0 Å². The number of carbonyl (C=O) groups is 1. The third-order valence-electron chi connectivity index (χ3n) is 4.28.